The molecule has 3 aliphatic heterocycles. The van der Waals surface area contributed by atoms with Gasteiger partial charge in [0.1, 0.15) is 17.7 Å². The third kappa shape index (κ3) is 4.57. The van der Waals surface area contributed by atoms with Crippen LogP contribution in [-0.4, -0.2) is 91.0 Å². The molecular formula is C19H31N3O6. The average molecular weight is 397 g/mol. The fourth-order valence-corrected chi connectivity index (χ4v) is 4.09. The zero-order chi connectivity index (χ0) is 20.5. The lowest BCUT2D eigenvalue weighted by molar-refractivity contribution is -0.154. The molecule has 0 spiro atoms. The second-order valence-electron chi connectivity index (χ2n) is 8.69. The minimum atomic E-state index is -0.788. The summed E-state index contributed by atoms with van der Waals surface area (Å²) in [5.74, 6) is -0.662. The average Bonchev–Trinajstić information content (AvgIpc) is 2.96. The van der Waals surface area contributed by atoms with Crippen molar-refractivity contribution in [3.8, 4) is 0 Å². The maximum Gasteiger partial charge on any atom is 0.408 e. The summed E-state index contributed by atoms with van der Waals surface area (Å²) < 4.78 is 15.6. The van der Waals surface area contributed by atoms with Gasteiger partial charge < -0.3 is 24.4 Å². The Morgan fingerprint density at radius 2 is 1.86 bits per heavy atom. The van der Waals surface area contributed by atoms with Gasteiger partial charge in [-0.2, -0.15) is 0 Å². The molecule has 0 unspecified atom stereocenters. The van der Waals surface area contributed by atoms with Crippen molar-refractivity contribution in [3.05, 3.63) is 0 Å². The standard InChI is InChI=1S/C19H31N3O6/c1-19(2,3)28-18(25)20-14-9-21(13-10-27-11-13)8-7-12-5-6-15(17(24)26-4)22(12)16(14)23/h12-15H,5-11H2,1-4H3,(H,20,25)/t12-,14+,15+/m1/s1. The van der Waals surface area contributed by atoms with Gasteiger partial charge in [0, 0.05) is 19.1 Å². The maximum atomic E-state index is 13.4. The molecule has 0 aromatic rings. The topological polar surface area (TPSA) is 97.4 Å². The molecule has 9 nitrogen and oxygen atoms in total. The van der Waals surface area contributed by atoms with Crippen LogP contribution in [0.1, 0.15) is 40.0 Å². The molecule has 3 rings (SSSR count). The molecule has 158 valence electrons. The minimum absolute atomic E-state index is 0.0386. The molecule has 3 heterocycles. The highest BCUT2D eigenvalue weighted by molar-refractivity contribution is 5.90. The lowest BCUT2D eigenvalue weighted by Gasteiger charge is -2.43. The van der Waals surface area contributed by atoms with Crippen LogP contribution in [0.25, 0.3) is 0 Å². The van der Waals surface area contributed by atoms with Gasteiger partial charge >= 0.3 is 12.1 Å². The van der Waals surface area contributed by atoms with E-state index in [2.05, 4.69) is 10.2 Å². The van der Waals surface area contributed by atoms with Gasteiger partial charge in [-0.1, -0.05) is 0 Å². The first-order valence-corrected chi connectivity index (χ1v) is 9.91. The molecule has 3 fully saturated rings. The van der Waals surface area contributed by atoms with Crippen LogP contribution in [0, 0.1) is 0 Å². The van der Waals surface area contributed by atoms with E-state index in [0.29, 0.717) is 26.2 Å². The normalized spacial score (nSPS) is 29.4. The van der Waals surface area contributed by atoms with E-state index in [9.17, 15) is 14.4 Å². The van der Waals surface area contributed by atoms with Crippen LogP contribution in [0.3, 0.4) is 0 Å². The van der Waals surface area contributed by atoms with E-state index in [0.717, 1.165) is 19.4 Å². The molecule has 0 radical (unpaired) electrons. The van der Waals surface area contributed by atoms with Crippen LogP contribution in [0.2, 0.25) is 0 Å². The van der Waals surface area contributed by atoms with Gasteiger partial charge in [0.25, 0.3) is 0 Å². The number of rotatable bonds is 3. The quantitative estimate of drug-likeness (QED) is 0.693. The molecule has 0 aromatic carbocycles. The predicted molar refractivity (Wildman–Crippen MR) is 99.6 cm³/mol. The van der Waals surface area contributed by atoms with Gasteiger partial charge in [0.05, 0.1) is 26.4 Å². The zero-order valence-corrected chi connectivity index (χ0v) is 17.1. The Balaban J connectivity index is 1.80. The largest absolute Gasteiger partial charge is 0.467 e. The van der Waals surface area contributed by atoms with Crippen molar-refractivity contribution in [2.75, 3.05) is 33.4 Å². The number of carbonyl (C=O) groups is 3. The van der Waals surface area contributed by atoms with Crippen molar-refractivity contribution < 1.29 is 28.6 Å². The lowest BCUT2D eigenvalue weighted by atomic mass is 10.0. The summed E-state index contributed by atoms with van der Waals surface area (Å²) in [7, 11) is 1.33. The first-order valence-electron chi connectivity index (χ1n) is 9.91. The summed E-state index contributed by atoms with van der Waals surface area (Å²) >= 11 is 0. The smallest absolute Gasteiger partial charge is 0.408 e. The molecule has 3 atom stereocenters. The summed E-state index contributed by atoms with van der Waals surface area (Å²) in [5, 5.41) is 2.73. The first kappa shape index (κ1) is 20.9. The number of esters is 1. The van der Waals surface area contributed by atoms with E-state index in [4.69, 9.17) is 14.2 Å². The molecule has 2 amide bonds. The lowest BCUT2D eigenvalue weighted by Crippen LogP contribution is -2.63. The van der Waals surface area contributed by atoms with Gasteiger partial charge in [-0.3, -0.25) is 9.69 Å². The number of methoxy groups -OCH3 is 1. The number of hydrogen-bond acceptors (Lipinski definition) is 7. The molecule has 0 aromatic heterocycles. The molecule has 9 heteroatoms. The molecule has 1 N–H and O–H groups in total. The zero-order valence-electron chi connectivity index (χ0n) is 17.1. The van der Waals surface area contributed by atoms with Crippen molar-refractivity contribution in [1.82, 2.24) is 15.1 Å². The van der Waals surface area contributed by atoms with Crippen LogP contribution in [0.4, 0.5) is 4.79 Å². The highest BCUT2D eigenvalue weighted by Gasteiger charge is 2.46. The van der Waals surface area contributed by atoms with Crippen molar-refractivity contribution in [1.29, 1.82) is 0 Å². The van der Waals surface area contributed by atoms with Crippen molar-refractivity contribution in [2.24, 2.45) is 0 Å². The Hall–Kier alpha value is -1.87. The van der Waals surface area contributed by atoms with E-state index in [1.54, 1.807) is 25.7 Å². The van der Waals surface area contributed by atoms with Gasteiger partial charge in [-0.05, 0) is 40.0 Å². The van der Waals surface area contributed by atoms with Crippen molar-refractivity contribution >= 4 is 18.0 Å². The monoisotopic (exact) mass is 397 g/mol. The summed E-state index contributed by atoms with van der Waals surface area (Å²) in [5.41, 5.74) is -0.666. The third-order valence-corrected chi connectivity index (χ3v) is 5.52. The predicted octanol–water partition coefficient (Wildman–Crippen LogP) is 0.517. The minimum Gasteiger partial charge on any atom is -0.467 e. The van der Waals surface area contributed by atoms with Crippen molar-refractivity contribution in [2.45, 2.75) is 69.8 Å². The van der Waals surface area contributed by atoms with E-state index in [1.807, 2.05) is 0 Å². The fourth-order valence-electron chi connectivity index (χ4n) is 4.09. The number of hydrogen-bond donors (Lipinski definition) is 1. The van der Waals surface area contributed by atoms with Gasteiger partial charge in [0.15, 0.2) is 0 Å². The van der Waals surface area contributed by atoms with Crippen LogP contribution in [0.5, 0.6) is 0 Å². The highest BCUT2D eigenvalue weighted by Crippen LogP contribution is 2.30. The molecule has 0 bridgehead atoms. The van der Waals surface area contributed by atoms with E-state index in [1.165, 1.54) is 7.11 Å². The second kappa shape index (κ2) is 8.24. The van der Waals surface area contributed by atoms with Crippen molar-refractivity contribution in [3.63, 3.8) is 0 Å². The SMILES string of the molecule is COC(=O)[C@@H]1CC[C@@H]2CCN(C3COC3)C[C@H](NC(=O)OC(C)(C)C)C(=O)N21. The number of alkyl carbamates (subject to hydrolysis) is 1. The number of nitrogens with zero attached hydrogens (tertiary/aromatic N) is 2. The summed E-state index contributed by atoms with van der Waals surface area (Å²) in [4.78, 5) is 41.8. The number of carbonyl (C=O) groups excluding carboxylic acids is 3. The Morgan fingerprint density at radius 3 is 2.43 bits per heavy atom. The molecular weight excluding hydrogens is 366 g/mol. The molecule has 28 heavy (non-hydrogen) atoms. The van der Waals surface area contributed by atoms with Crippen LogP contribution < -0.4 is 5.32 Å². The van der Waals surface area contributed by atoms with E-state index in [-0.39, 0.29) is 18.0 Å². The Morgan fingerprint density at radius 1 is 1.14 bits per heavy atom. The Kier molecular flexibility index (Phi) is 6.14. The van der Waals surface area contributed by atoms with Crippen LogP contribution in [-0.2, 0) is 23.8 Å². The fraction of sp³-hybridized carbons (Fsp3) is 0.842. The number of amides is 2. The van der Waals surface area contributed by atoms with Crippen LogP contribution in [0.15, 0.2) is 0 Å². The third-order valence-electron chi connectivity index (χ3n) is 5.52. The number of fused-ring (bicyclic) bond motifs is 1. The summed E-state index contributed by atoms with van der Waals surface area (Å²) in [6.07, 6.45) is 1.48. The number of nitrogens with one attached hydrogen (secondary N) is 1. The Labute approximate surface area is 165 Å². The summed E-state index contributed by atoms with van der Waals surface area (Å²) in [6, 6.07) is -1.17. The molecule has 3 aliphatic rings. The number of ether oxygens (including phenoxy) is 3. The van der Waals surface area contributed by atoms with Gasteiger partial charge in [-0.15, -0.1) is 0 Å². The van der Waals surface area contributed by atoms with Crippen LogP contribution >= 0.6 is 0 Å². The van der Waals surface area contributed by atoms with Gasteiger partial charge in [0.2, 0.25) is 5.91 Å². The highest BCUT2D eigenvalue weighted by atomic mass is 16.6. The Bertz CT molecular complexity index is 615. The molecule has 0 aliphatic carbocycles. The van der Waals surface area contributed by atoms with Gasteiger partial charge in [-0.25, -0.2) is 9.59 Å². The van der Waals surface area contributed by atoms with E-state index >= 15 is 0 Å². The van der Waals surface area contributed by atoms with E-state index < -0.39 is 29.7 Å². The summed E-state index contributed by atoms with van der Waals surface area (Å²) in [6.45, 7) is 7.72. The second-order valence-corrected chi connectivity index (χ2v) is 8.69. The first-order chi connectivity index (χ1) is 13.2. The maximum absolute atomic E-state index is 13.4. The molecule has 0 saturated carbocycles. The molecule has 3 saturated heterocycles.